The van der Waals surface area contributed by atoms with E-state index in [1.165, 1.54) is 6.07 Å². The number of rotatable bonds is 6. The van der Waals surface area contributed by atoms with Crippen LogP contribution in [-0.2, 0) is 0 Å². The summed E-state index contributed by atoms with van der Waals surface area (Å²) < 4.78 is 20.3. The van der Waals surface area contributed by atoms with E-state index in [1.54, 1.807) is 18.3 Å². The summed E-state index contributed by atoms with van der Waals surface area (Å²) in [7, 11) is 0. The monoisotopic (exact) mass is 450 g/mol. The molecule has 2 aromatic carbocycles. The molecule has 1 aliphatic heterocycles. The number of halogens is 2. The van der Waals surface area contributed by atoms with Gasteiger partial charge in [0.05, 0.1) is 6.61 Å². The Bertz CT molecular complexity index is 1110. The first-order valence-electron chi connectivity index (χ1n) is 10.6. The molecule has 0 radical (unpaired) electrons. The van der Waals surface area contributed by atoms with Crippen molar-refractivity contribution in [2.24, 2.45) is 0 Å². The number of hydrogen-bond donors (Lipinski definition) is 1. The van der Waals surface area contributed by atoms with Crippen LogP contribution >= 0.6 is 11.6 Å². The maximum Gasteiger partial charge on any atom is 0.158 e. The number of hydrogen-bond acceptors (Lipinski definition) is 4. The normalized spacial score (nSPS) is 15.9. The van der Waals surface area contributed by atoms with Crippen molar-refractivity contribution in [1.29, 1.82) is 0 Å². The second-order valence-corrected chi connectivity index (χ2v) is 8.14. The molecular formula is C26H24ClFN2O2. The van der Waals surface area contributed by atoms with Crippen LogP contribution in [0.4, 0.5) is 4.39 Å². The summed E-state index contributed by atoms with van der Waals surface area (Å²) >= 11 is 5.90. The van der Waals surface area contributed by atoms with E-state index < -0.39 is 5.82 Å². The highest BCUT2D eigenvalue weighted by Gasteiger charge is 2.23. The van der Waals surface area contributed by atoms with Crippen molar-refractivity contribution in [2.45, 2.75) is 18.9 Å². The van der Waals surface area contributed by atoms with Crippen LogP contribution in [0.15, 0.2) is 60.8 Å². The predicted octanol–water partition coefficient (Wildman–Crippen LogP) is 4.78. The minimum absolute atomic E-state index is 0.104. The number of nitrogens with zero attached hydrogens (tertiary/aromatic N) is 2. The molecule has 1 atom stereocenters. The first-order chi connectivity index (χ1) is 15.6. The third-order valence-corrected chi connectivity index (χ3v) is 5.81. The van der Waals surface area contributed by atoms with Crippen LogP contribution in [0.5, 0.6) is 5.75 Å². The Balaban J connectivity index is 1.35. The Morgan fingerprint density at radius 2 is 1.88 bits per heavy atom. The molecule has 4 nitrogen and oxygen atoms in total. The predicted molar refractivity (Wildman–Crippen MR) is 124 cm³/mol. The third-order valence-electron chi connectivity index (χ3n) is 5.56. The van der Waals surface area contributed by atoms with E-state index in [9.17, 15) is 9.50 Å². The molecule has 0 saturated carbocycles. The topological polar surface area (TPSA) is 45.6 Å². The van der Waals surface area contributed by atoms with E-state index in [0.717, 1.165) is 42.8 Å². The van der Waals surface area contributed by atoms with Crippen LogP contribution in [0.1, 0.15) is 24.1 Å². The van der Waals surface area contributed by atoms with Gasteiger partial charge in [-0.1, -0.05) is 29.7 Å². The molecule has 6 heteroatoms. The molecule has 3 aromatic rings. The molecule has 0 amide bonds. The maximum absolute atomic E-state index is 14.5. The lowest BCUT2D eigenvalue weighted by Gasteiger charge is -2.22. The molecule has 4 rings (SSSR count). The van der Waals surface area contributed by atoms with Gasteiger partial charge in [-0.05, 0) is 73.3 Å². The van der Waals surface area contributed by atoms with Crippen LogP contribution in [0, 0.1) is 17.7 Å². The van der Waals surface area contributed by atoms with Gasteiger partial charge >= 0.3 is 0 Å². The van der Waals surface area contributed by atoms with Crippen LogP contribution in [0.25, 0.3) is 11.1 Å². The van der Waals surface area contributed by atoms with Crippen molar-refractivity contribution in [2.75, 3.05) is 26.3 Å². The van der Waals surface area contributed by atoms with Gasteiger partial charge < -0.3 is 9.84 Å². The average Bonchev–Trinajstić information content (AvgIpc) is 3.27. The molecule has 2 heterocycles. The second kappa shape index (κ2) is 10.6. The van der Waals surface area contributed by atoms with Crippen molar-refractivity contribution in [3.05, 3.63) is 82.9 Å². The summed E-state index contributed by atoms with van der Waals surface area (Å²) in [5.41, 5.74) is 2.37. The molecule has 1 aromatic heterocycles. The molecule has 1 fully saturated rings. The van der Waals surface area contributed by atoms with Crippen molar-refractivity contribution in [1.82, 2.24) is 9.88 Å². The molecule has 1 unspecified atom stereocenters. The van der Waals surface area contributed by atoms with Crippen LogP contribution < -0.4 is 4.74 Å². The molecule has 32 heavy (non-hydrogen) atoms. The highest BCUT2D eigenvalue weighted by molar-refractivity contribution is 6.30. The zero-order valence-corrected chi connectivity index (χ0v) is 18.4. The molecule has 0 aliphatic carbocycles. The average molecular weight is 451 g/mol. The minimum Gasteiger partial charge on any atom is -0.492 e. The Labute approximate surface area is 192 Å². The minimum atomic E-state index is -0.465. The third kappa shape index (κ3) is 5.66. The number of likely N-dealkylation sites (tertiary alicyclic amines) is 1. The SMILES string of the molecule is OCC1CCCN1CCOc1ccc(C#Cc2ncc(-c3ccc(Cl)cc3)cc2F)cc1. The van der Waals surface area contributed by atoms with Crippen LogP contribution in [-0.4, -0.2) is 47.3 Å². The van der Waals surface area contributed by atoms with Gasteiger partial charge in [-0.2, -0.15) is 0 Å². The summed E-state index contributed by atoms with van der Waals surface area (Å²) in [5, 5.41) is 10.0. The highest BCUT2D eigenvalue weighted by atomic mass is 35.5. The number of aliphatic hydroxyl groups is 1. The smallest absolute Gasteiger partial charge is 0.158 e. The quantitative estimate of drug-likeness (QED) is 0.549. The lowest BCUT2D eigenvalue weighted by atomic mass is 10.1. The standard InChI is InChI=1S/C26H24ClFN2O2/c27-22-8-6-20(7-9-22)21-16-25(28)26(29-17-21)12-5-19-3-10-24(11-4-19)32-15-14-30-13-1-2-23(30)18-31/h3-4,6-11,16-17,23,31H,1-2,13-15,18H2. The zero-order valence-electron chi connectivity index (χ0n) is 17.6. The first kappa shape index (κ1) is 22.3. The number of pyridine rings is 1. The van der Waals surface area contributed by atoms with Gasteiger partial charge in [-0.15, -0.1) is 0 Å². The summed E-state index contributed by atoms with van der Waals surface area (Å²) in [5.74, 6) is 6.04. The van der Waals surface area contributed by atoms with Crippen LogP contribution in [0.2, 0.25) is 5.02 Å². The maximum atomic E-state index is 14.5. The van der Waals surface area contributed by atoms with E-state index >= 15 is 0 Å². The number of aromatic nitrogens is 1. The van der Waals surface area contributed by atoms with Crippen molar-refractivity contribution >= 4 is 11.6 Å². The molecule has 0 bridgehead atoms. The van der Waals surface area contributed by atoms with E-state index in [2.05, 4.69) is 21.7 Å². The molecule has 0 spiro atoms. The summed E-state index contributed by atoms with van der Waals surface area (Å²) in [6.07, 6.45) is 3.77. The van der Waals surface area contributed by atoms with Gasteiger partial charge in [0.15, 0.2) is 5.82 Å². The Kier molecular flexibility index (Phi) is 7.39. The molecule has 1 aliphatic rings. The zero-order chi connectivity index (χ0) is 22.3. The summed E-state index contributed by atoms with van der Waals surface area (Å²) in [6, 6.07) is 16.2. The van der Waals surface area contributed by atoms with E-state index in [0.29, 0.717) is 17.2 Å². The van der Waals surface area contributed by atoms with Gasteiger partial charge in [-0.3, -0.25) is 4.90 Å². The molecular weight excluding hydrogens is 427 g/mol. The highest BCUT2D eigenvalue weighted by Crippen LogP contribution is 2.22. The summed E-state index contributed by atoms with van der Waals surface area (Å²) in [4.78, 5) is 6.44. The van der Waals surface area contributed by atoms with Gasteiger partial charge in [0.2, 0.25) is 0 Å². The number of aliphatic hydroxyl groups excluding tert-OH is 1. The lowest BCUT2D eigenvalue weighted by molar-refractivity contribution is 0.139. The van der Waals surface area contributed by atoms with E-state index in [1.807, 2.05) is 36.4 Å². The Hall–Kier alpha value is -2.91. The van der Waals surface area contributed by atoms with Crippen molar-refractivity contribution < 1.29 is 14.2 Å². The lowest BCUT2D eigenvalue weighted by Crippen LogP contribution is -2.35. The van der Waals surface area contributed by atoms with Gasteiger partial charge in [0, 0.05) is 34.9 Å². The largest absolute Gasteiger partial charge is 0.492 e. The first-order valence-corrected chi connectivity index (χ1v) is 11.0. The Morgan fingerprint density at radius 1 is 1.09 bits per heavy atom. The van der Waals surface area contributed by atoms with Gasteiger partial charge in [0.1, 0.15) is 18.1 Å². The van der Waals surface area contributed by atoms with E-state index in [-0.39, 0.29) is 18.3 Å². The fourth-order valence-corrected chi connectivity index (χ4v) is 3.90. The van der Waals surface area contributed by atoms with Crippen molar-refractivity contribution in [3.63, 3.8) is 0 Å². The number of ether oxygens (including phenoxy) is 1. The fourth-order valence-electron chi connectivity index (χ4n) is 3.77. The molecule has 1 N–H and O–H groups in total. The van der Waals surface area contributed by atoms with Gasteiger partial charge in [0.25, 0.3) is 0 Å². The Morgan fingerprint density at radius 3 is 2.59 bits per heavy atom. The molecule has 1 saturated heterocycles. The number of benzene rings is 2. The van der Waals surface area contributed by atoms with Crippen LogP contribution in [0.3, 0.4) is 0 Å². The summed E-state index contributed by atoms with van der Waals surface area (Å²) in [6.45, 7) is 2.57. The fraction of sp³-hybridized carbons (Fsp3) is 0.269. The molecule has 164 valence electrons. The van der Waals surface area contributed by atoms with E-state index in [4.69, 9.17) is 16.3 Å². The van der Waals surface area contributed by atoms with Gasteiger partial charge in [-0.25, -0.2) is 9.37 Å². The second-order valence-electron chi connectivity index (χ2n) is 7.70. The van der Waals surface area contributed by atoms with Crippen molar-refractivity contribution in [3.8, 4) is 28.7 Å².